The highest BCUT2D eigenvalue weighted by molar-refractivity contribution is 5.52. The van der Waals surface area contributed by atoms with E-state index in [0.29, 0.717) is 0 Å². The van der Waals surface area contributed by atoms with Crippen molar-refractivity contribution in [3.63, 3.8) is 0 Å². The first kappa shape index (κ1) is 8.75. The summed E-state index contributed by atoms with van der Waals surface area (Å²) in [5.41, 5.74) is 1.84. The van der Waals surface area contributed by atoms with Gasteiger partial charge in [-0.2, -0.15) is 0 Å². The molecule has 0 unspecified atom stereocenters. The molecule has 0 saturated heterocycles. The zero-order valence-corrected chi connectivity index (χ0v) is 6.90. The molecule has 0 aliphatic heterocycles. The zero-order chi connectivity index (χ0) is 8.81. The average molecular weight is 160 g/mol. The molecule has 0 spiro atoms. The molecule has 62 valence electrons. The molecule has 1 rings (SSSR count). The Labute approximate surface area is 72.7 Å². The summed E-state index contributed by atoms with van der Waals surface area (Å²) in [6.07, 6.45) is 3.74. The number of rotatable bonds is 3. The number of benzene rings is 1. The van der Waals surface area contributed by atoms with E-state index in [9.17, 15) is 0 Å². The van der Waals surface area contributed by atoms with Crippen LogP contribution in [0.2, 0.25) is 0 Å². The van der Waals surface area contributed by atoms with Gasteiger partial charge in [-0.15, -0.1) is 0 Å². The van der Waals surface area contributed by atoms with E-state index in [1.165, 1.54) is 0 Å². The van der Waals surface area contributed by atoms with Crippen LogP contribution in [-0.4, -0.2) is 11.7 Å². The van der Waals surface area contributed by atoms with Crippen molar-refractivity contribution in [1.29, 1.82) is 0 Å². The molecule has 0 heterocycles. The number of hydrogen-bond donors (Lipinski definition) is 1. The standard InChI is InChI=1S/C11H12O/c1-10(9-12)7-8-11-5-3-2-4-6-11/h2-8,12H,1,9H2. The lowest BCUT2D eigenvalue weighted by Gasteiger charge is -1.92. The van der Waals surface area contributed by atoms with Crippen LogP contribution >= 0.6 is 0 Å². The van der Waals surface area contributed by atoms with Gasteiger partial charge in [-0.25, -0.2) is 0 Å². The van der Waals surface area contributed by atoms with E-state index in [1.54, 1.807) is 0 Å². The van der Waals surface area contributed by atoms with E-state index in [1.807, 2.05) is 42.5 Å². The Morgan fingerprint density at radius 2 is 2.00 bits per heavy atom. The lowest BCUT2D eigenvalue weighted by molar-refractivity contribution is 0.335. The second-order valence-corrected chi connectivity index (χ2v) is 2.56. The highest BCUT2D eigenvalue weighted by Gasteiger charge is 1.84. The first-order valence-electron chi connectivity index (χ1n) is 3.84. The van der Waals surface area contributed by atoms with E-state index < -0.39 is 0 Å². The molecule has 0 aromatic heterocycles. The van der Waals surface area contributed by atoms with Gasteiger partial charge in [-0.1, -0.05) is 49.1 Å². The van der Waals surface area contributed by atoms with Crippen molar-refractivity contribution in [3.8, 4) is 0 Å². The highest BCUT2D eigenvalue weighted by Crippen LogP contribution is 2.02. The van der Waals surface area contributed by atoms with Gasteiger partial charge in [0.15, 0.2) is 0 Å². The topological polar surface area (TPSA) is 20.2 Å². The molecule has 0 bridgehead atoms. The second kappa shape index (κ2) is 4.52. The molecule has 0 fully saturated rings. The van der Waals surface area contributed by atoms with Crippen molar-refractivity contribution in [1.82, 2.24) is 0 Å². The summed E-state index contributed by atoms with van der Waals surface area (Å²) in [5.74, 6) is 0. The molecule has 0 saturated carbocycles. The maximum atomic E-state index is 8.66. The summed E-state index contributed by atoms with van der Waals surface area (Å²) in [4.78, 5) is 0. The first-order valence-corrected chi connectivity index (χ1v) is 3.84. The zero-order valence-electron chi connectivity index (χ0n) is 6.90. The SMILES string of the molecule is C=C(C=Cc1ccccc1)CO. The molecule has 0 aliphatic carbocycles. The van der Waals surface area contributed by atoms with Crippen LogP contribution in [0.3, 0.4) is 0 Å². The monoisotopic (exact) mass is 160 g/mol. The van der Waals surface area contributed by atoms with E-state index >= 15 is 0 Å². The minimum absolute atomic E-state index is 0.0172. The molecule has 1 nitrogen and oxygen atoms in total. The summed E-state index contributed by atoms with van der Waals surface area (Å²) in [7, 11) is 0. The third kappa shape index (κ3) is 2.72. The predicted octanol–water partition coefficient (Wildman–Crippen LogP) is 2.25. The van der Waals surface area contributed by atoms with E-state index in [4.69, 9.17) is 5.11 Å². The van der Waals surface area contributed by atoms with Gasteiger partial charge in [0, 0.05) is 0 Å². The molecule has 1 aromatic carbocycles. The van der Waals surface area contributed by atoms with Crippen LogP contribution in [0.4, 0.5) is 0 Å². The molecule has 0 aliphatic rings. The van der Waals surface area contributed by atoms with Gasteiger partial charge >= 0.3 is 0 Å². The van der Waals surface area contributed by atoms with Crippen LogP contribution < -0.4 is 0 Å². The fraction of sp³-hybridized carbons (Fsp3) is 0.0909. The molecule has 1 N–H and O–H groups in total. The average Bonchev–Trinajstić information content (AvgIpc) is 2.16. The van der Waals surface area contributed by atoms with Gasteiger partial charge < -0.3 is 5.11 Å². The minimum Gasteiger partial charge on any atom is -0.392 e. The summed E-state index contributed by atoms with van der Waals surface area (Å²) >= 11 is 0. The first-order chi connectivity index (χ1) is 5.83. The smallest absolute Gasteiger partial charge is 0.0676 e. The Hall–Kier alpha value is -1.34. The van der Waals surface area contributed by atoms with Crippen LogP contribution in [0, 0.1) is 0 Å². The third-order valence-corrected chi connectivity index (χ3v) is 1.51. The molecule has 1 heteroatoms. The molecule has 0 radical (unpaired) electrons. The van der Waals surface area contributed by atoms with Crippen molar-refractivity contribution in [2.24, 2.45) is 0 Å². The highest BCUT2D eigenvalue weighted by atomic mass is 16.3. The number of hydrogen-bond acceptors (Lipinski definition) is 1. The van der Waals surface area contributed by atoms with Crippen LogP contribution in [0.1, 0.15) is 5.56 Å². The van der Waals surface area contributed by atoms with Crippen LogP contribution in [0.25, 0.3) is 6.08 Å². The molecular formula is C11H12O. The largest absolute Gasteiger partial charge is 0.392 e. The molecule has 1 aromatic rings. The van der Waals surface area contributed by atoms with E-state index in [0.717, 1.165) is 11.1 Å². The third-order valence-electron chi connectivity index (χ3n) is 1.51. The molecule has 12 heavy (non-hydrogen) atoms. The predicted molar refractivity (Wildman–Crippen MR) is 51.7 cm³/mol. The Kier molecular flexibility index (Phi) is 3.30. The lowest BCUT2D eigenvalue weighted by Crippen LogP contribution is -1.81. The van der Waals surface area contributed by atoms with Crippen LogP contribution in [0.5, 0.6) is 0 Å². The van der Waals surface area contributed by atoms with Gasteiger partial charge in [0.25, 0.3) is 0 Å². The Morgan fingerprint density at radius 1 is 1.33 bits per heavy atom. The minimum atomic E-state index is 0.0172. The summed E-state index contributed by atoms with van der Waals surface area (Å²) in [6.45, 7) is 3.67. The van der Waals surface area contributed by atoms with Gasteiger partial charge in [0.2, 0.25) is 0 Å². The van der Waals surface area contributed by atoms with E-state index in [2.05, 4.69) is 6.58 Å². The van der Waals surface area contributed by atoms with Gasteiger partial charge in [-0.05, 0) is 11.1 Å². The normalized spacial score (nSPS) is 10.4. The Bertz CT molecular complexity index is 272. The summed E-state index contributed by atoms with van der Waals surface area (Å²) in [6, 6.07) is 9.92. The fourth-order valence-electron chi connectivity index (χ4n) is 0.831. The fourth-order valence-corrected chi connectivity index (χ4v) is 0.831. The maximum Gasteiger partial charge on any atom is 0.0676 e. The maximum absolute atomic E-state index is 8.66. The van der Waals surface area contributed by atoms with Crippen LogP contribution in [0.15, 0.2) is 48.6 Å². The number of aliphatic hydroxyl groups is 1. The van der Waals surface area contributed by atoms with Crippen molar-refractivity contribution in [2.75, 3.05) is 6.61 Å². The number of aliphatic hydroxyl groups excluding tert-OH is 1. The van der Waals surface area contributed by atoms with E-state index in [-0.39, 0.29) is 6.61 Å². The van der Waals surface area contributed by atoms with Gasteiger partial charge in [0.1, 0.15) is 0 Å². The molecule has 0 atom stereocenters. The Balaban J connectivity index is 2.64. The molecule has 0 amide bonds. The van der Waals surface area contributed by atoms with Crippen molar-refractivity contribution in [2.45, 2.75) is 0 Å². The second-order valence-electron chi connectivity index (χ2n) is 2.56. The Morgan fingerprint density at radius 3 is 2.58 bits per heavy atom. The lowest BCUT2D eigenvalue weighted by atomic mass is 10.2. The quantitative estimate of drug-likeness (QED) is 0.672. The van der Waals surface area contributed by atoms with Crippen LogP contribution in [-0.2, 0) is 0 Å². The van der Waals surface area contributed by atoms with Crippen molar-refractivity contribution >= 4 is 6.08 Å². The molecular weight excluding hydrogens is 148 g/mol. The van der Waals surface area contributed by atoms with Crippen molar-refractivity contribution < 1.29 is 5.11 Å². The summed E-state index contributed by atoms with van der Waals surface area (Å²) < 4.78 is 0. The van der Waals surface area contributed by atoms with Crippen molar-refractivity contribution in [3.05, 3.63) is 54.1 Å². The van der Waals surface area contributed by atoms with Gasteiger partial charge in [-0.3, -0.25) is 0 Å². The summed E-state index contributed by atoms with van der Waals surface area (Å²) in [5, 5.41) is 8.66. The van der Waals surface area contributed by atoms with Gasteiger partial charge in [0.05, 0.1) is 6.61 Å².